The van der Waals surface area contributed by atoms with E-state index in [1.54, 1.807) is 12.1 Å². The number of amides is 1. The van der Waals surface area contributed by atoms with E-state index in [9.17, 15) is 4.79 Å². The van der Waals surface area contributed by atoms with Gasteiger partial charge in [-0.3, -0.25) is 10.1 Å². The zero-order chi connectivity index (χ0) is 12.4. The van der Waals surface area contributed by atoms with Gasteiger partial charge >= 0.3 is 0 Å². The molecule has 1 aromatic heterocycles. The molecule has 0 aliphatic carbocycles. The SMILES string of the molecule is Cc1nnc(NC(=O)c2cc(N)ccc2C)s1. The lowest BCUT2D eigenvalue weighted by Gasteiger charge is -2.05. The zero-order valence-corrected chi connectivity index (χ0v) is 10.3. The van der Waals surface area contributed by atoms with Crippen LogP contribution in [0.25, 0.3) is 0 Å². The van der Waals surface area contributed by atoms with Gasteiger partial charge in [0.1, 0.15) is 5.01 Å². The van der Waals surface area contributed by atoms with Crippen LogP contribution in [0.4, 0.5) is 10.8 Å². The predicted molar refractivity (Wildman–Crippen MR) is 68.2 cm³/mol. The van der Waals surface area contributed by atoms with Crippen LogP contribution < -0.4 is 11.1 Å². The molecule has 0 atom stereocenters. The lowest BCUT2D eigenvalue weighted by Crippen LogP contribution is -2.13. The Bertz CT molecular complexity index is 564. The lowest BCUT2D eigenvalue weighted by molar-refractivity contribution is 0.102. The summed E-state index contributed by atoms with van der Waals surface area (Å²) in [5, 5.41) is 11.7. The molecule has 1 aromatic carbocycles. The Kier molecular flexibility index (Phi) is 3.06. The van der Waals surface area contributed by atoms with Crippen LogP contribution in [0.5, 0.6) is 0 Å². The molecule has 0 aliphatic rings. The number of nitrogen functional groups attached to an aromatic ring is 1. The highest BCUT2D eigenvalue weighted by atomic mass is 32.1. The van der Waals surface area contributed by atoms with Gasteiger partial charge in [0.2, 0.25) is 5.13 Å². The number of hydrogen-bond acceptors (Lipinski definition) is 5. The van der Waals surface area contributed by atoms with E-state index >= 15 is 0 Å². The summed E-state index contributed by atoms with van der Waals surface area (Å²) in [7, 11) is 0. The maximum Gasteiger partial charge on any atom is 0.257 e. The van der Waals surface area contributed by atoms with Crippen molar-refractivity contribution in [3.8, 4) is 0 Å². The van der Waals surface area contributed by atoms with Crippen molar-refractivity contribution in [3.63, 3.8) is 0 Å². The minimum absolute atomic E-state index is 0.217. The van der Waals surface area contributed by atoms with E-state index in [-0.39, 0.29) is 5.91 Å². The zero-order valence-electron chi connectivity index (χ0n) is 9.52. The molecule has 2 aromatic rings. The summed E-state index contributed by atoms with van der Waals surface area (Å²) in [6, 6.07) is 5.23. The number of carbonyl (C=O) groups excluding carboxylic acids is 1. The fourth-order valence-corrected chi connectivity index (χ4v) is 1.98. The molecular formula is C11H12N4OS. The van der Waals surface area contributed by atoms with Gasteiger partial charge in [0, 0.05) is 11.3 Å². The standard InChI is InChI=1S/C11H12N4OS/c1-6-3-4-8(12)5-9(6)10(16)13-11-15-14-7(2)17-11/h3-5H,12H2,1-2H3,(H,13,15,16). The highest BCUT2D eigenvalue weighted by Gasteiger charge is 2.11. The van der Waals surface area contributed by atoms with Crippen molar-refractivity contribution in [1.82, 2.24) is 10.2 Å². The third-order valence-electron chi connectivity index (χ3n) is 2.25. The van der Waals surface area contributed by atoms with Crippen LogP contribution in [0.15, 0.2) is 18.2 Å². The number of benzene rings is 1. The Balaban J connectivity index is 2.22. The molecule has 0 spiro atoms. The predicted octanol–water partition coefficient (Wildman–Crippen LogP) is 1.99. The summed E-state index contributed by atoms with van der Waals surface area (Å²) in [4.78, 5) is 12.0. The third-order valence-corrected chi connectivity index (χ3v) is 3.01. The van der Waals surface area contributed by atoms with Crippen LogP contribution >= 0.6 is 11.3 Å². The molecule has 6 heteroatoms. The van der Waals surface area contributed by atoms with Crippen LogP contribution in [0.3, 0.4) is 0 Å². The van der Waals surface area contributed by atoms with Crippen molar-refractivity contribution < 1.29 is 4.79 Å². The van der Waals surface area contributed by atoms with Gasteiger partial charge < -0.3 is 5.73 Å². The first-order chi connectivity index (χ1) is 8.06. The Labute approximate surface area is 103 Å². The second kappa shape index (κ2) is 4.50. The van der Waals surface area contributed by atoms with Crippen LogP contribution in [-0.4, -0.2) is 16.1 Å². The quantitative estimate of drug-likeness (QED) is 0.796. The van der Waals surface area contributed by atoms with Gasteiger partial charge in [-0.1, -0.05) is 17.4 Å². The first-order valence-electron chi connectivity index (χ1n) is 5.04. The number of aromatic nitrogens is 2. The van der Waals surface area contributed by atoms with Gasteiger partial charge in [0.15, 0.2) is 0 Å². The van der Waals surface area contributed by atoms with Crippen LogP contribution in [-0.2, 0) is 0 Å². The molecule has 5 nitrogen and oxygen atoms in total. The largest absolute Gasteiger partial charge is 0.399 e. The second-order valence-electron chi connectivity index (χ2n) is 3.65. The van der Waals surface area contributed by atoms with Gasteiger partial charge in [-0.25, -0.2) is 0 Å². The Hall–Kier alpha value is -1.95. The number of nitrogens with zero attached hydrogens (tertiary/aromatic N) is 2. The van der Waals surface area contributed by atoms with Crippen molar-refractivity contribution in [2.45, 2.75) is 13.8 Å². The van der Waals surface area contributed by atoms with Gasteiger partial charge in [-0.15, -0.1) is 10.2 Å². The topological polar surface area (TPSA) is 80.9 Å². The molecular weight excluding hydrogens is 236 g/mol. The maximum atomic E-state index is 12.0. The average molecular weight is 248 g/mol. The molecule has 1 heterocycles. The number of aryl methyl sites for hydroxylation is 2. The van der Waals surface area contributed by atoms with Crippen LogP contribution in [0.1, 0.15) is 20.9 Å². The number of anilines is 2. The van der Waals surface area contributed by atoms with Crippen molar-refractivity contribution in [3.05, 3.63) is 34.3 Å². The molecule has 0 saturated heterocycles. The second-order valence-corrected chi connectivity index (χ2v) is 4.84. The number of nitrogens with one attached hydrogen (secondary N) is 1. The van der Waals surface area contributed by atoms with Crippen molar-refractivity contribution in [1.29, 1.82) is 0 Å². The molecule has 0 saturated carbocycles. The molecule has 0 bridgehead atoms. The summed E-state index contributed by atoms with van der Waals surface area (Å²) in [5.41, 5.74) is 7.65. The molecule has 0 fully saturated rings. The van der Waals surface area contributed by atoms with Crippen molar-refractivity contribution in [2.75, 3.05) is 11.1 Å². The molecule has 0 radical (unpaired) electrons. The first kappa shape index (κ1) is 11.5. The number of rotatable bonds is 2. The smallest absolute Gasteiger partial charge is 0.257 e. The minimum Gasteiger partial charge on any atom is -0.399 e. The molecule has 17 heavy (non-hydrogen) atoms. The monoisotopic (exact) mass is 248 g/mol. The van der Waals surface area contributed by atoms with Gasteiger partial charge in [0.25, 0.3) is 5.91 Å². The summed E-state index contributed by atoms with van der Waals surface area (Å²) in [5.74, 6) is -0.217. The molecule has 88 valence electrons. The summed E-state index contributed by atoms with van der Waals surface area (Å²) in [6.45, 7) is 3.69. The van der Waals surface area contributed by atoms with E-state index in [0.29, 0.717) is 16.4 Å². The summed E-state index contributed by atoms with van der Waals surface area (Å²) < 4.78 is 0. The lowest BCUT2D eigenvalue weighted by atomic mass is 10.1. The normalized spacial score (nSPS) is 10.2. The molecule has 2 rings (SSSR count). The maximum absolute atomic E-state index is 12.0. The highest BCUT2D eigenvalue weighted by Crippen LogP contribution is 2.17. The number of carbonyl (C=O) groups is 1. The van der Waals surface area contributed by atoms with E-state index in [2.05, 4.69) is 15.5 Å². The Morgan fingerprint density at radius 1 is 1.35 bits per heavy atom. The third kappa shape index (κ3) is 2.59. The average Bonchev–Trinajstić information content (AvgIpc) is 2.67. The van der Waals surface area contributed by atoms with Crippen LogP contribution in [0.2, 0.25) is 0 Å². The van der Waals surface area contributed by atoms with E-state index < -0.39 is 0 Å². The van der Waals surface area contributed by atoms with Gasteiger partial charge in [0.05, 0.1) is 0 Å². The van der Waals surface area contributed by atoms with E-state index in [1.807, 2.05) is 19.9 Å². The van der Waals surface area contributed by atoms with Gasteiger partial charge in [-0.05, 0) is 31.5 Å². The first-order valence-corrected chi connectivity index (χ1v) is 5.85. The summed E-state index contributed by atoms with van der Waals surface area (Å²) >= 11 is 1.34. The minimum atomic E-state index is -0.217. The fourth-order valence-electron chi connectivity index (χ4n) is 1.40. The molecule has 0 unspecified atom stereocenters. The molecule has 1 amide bonds. The van der Waals surface area contributed by atoms with E-state index in [1.165, 1.54) is 11.3 Å². The van der Waals surface area contributed by atoms with Crippen molar-refractivity contribution >= 4 is 28.1 Å². The van der Waals surface area contributed by atoms with Crippen molar-refractivity contribution in [2.24, 2.45) is 0 Å². The Morgan fingerprint density at radius 3 is 2.76 bits per heavy atom. The molecule has 0 aliphatic heterocycles. The van der Waals surface area contributed by atoms with E-state index in [0.717, 1.165) is 10.6 Å². The number of nitrogens with two attached hydrogens (primary N) is 1. The fraction of sp³-hybridized carbons (Fsp3) is 0.182. The molecule has 3 N–H and O–H groups in total. The summed E-state index contributed by atoms with van der Waals surface area (Å²) in [6.07, 6.45) is 0. The highest BCUT2D eigenvalue weighted by molar-refractivity contribution is 7.15. The van der Waals surface area contributed by atoms with Crippen LogP contribution in [0, 0.1) is 13.8 Å². The Morgan fingerprint density at radius 2 is 2.12 bits per heavy atom. The van der Waals surface area contributed by atoms with E-state index in [4.69, 9.17) is 5.73 Å². The van der Waals surface area contributed by atoms with Gasteiger partial charge in [-0.2, -0.15) is 0 Å². The number of hydrogen-bond donors (Lipinski definition) is 2.